The maximum absolute atomic E-state index is 11.1. The third-order valence-electron chi connectivity index (χ3n) is 2.30. The fourth-order valence-corrected chi connectivity index (χ4v) is 1.51. The van der Waals surface area contributed by atoms with Crippen LogP contribution in [0.2, 0.25) is 0 Å². The van der Waals surface area contributed by atoms with Crippen molar-refractivity contribution in [3.05, 3.63) is 29.3 Å². The fraction of sp³-hybridized carbons (Fsp3) is 0.200. The van der Waals surface area contributed by atoms with Crippen molar-refractivity contribution in [3.63, 3.8) is 0 Å². The minimum atomic E-state index is 0.00994. The summed E-state index contributed by atoms with van der Waals surface area (Å²) in [5.74, 6) is 0.00994. The van der Waals surface area contributed by atoms with Crippen LogP contribution in [0.15, 0.2) is 23.4 Å². The molecule has 1 aliphatic rings. The molecule has 0 aromatic heterocycles. The topological polar surface area (TPSA) is 61.7 Å². The smallest absolute Gasteiger partial charge is 0.228 e. The Balaban J connectivity index is 2.42. The molecule has 1 aromatic carbocycles. The number of hydrogen-bond acceptors (Lipinski definition) is 3. The predicted octanol–water partition coefficient (Wildman–Crippen LogP) is 1.38. The Kier molecular flexibility index (Phi) is 1.96. The highest BCUT2D eigenvalue weighted by atomic mass is 16.4. The Morgan fingerprint density at radius 2 is 2.36 bits per heavy atom. The van der Waals surface area contributed by atoms with E-state index in [0.29, 0.717) is 12.1 Å². The van der Waals surface area contributed by atoms with Gasteiger partial charge >= 0.3 is 0 Å². The van der Waals surface area contributed by atoms with E-state index in [-0.39, 0.29) is 5.91 Å². The van der Waals surface area contributed by atoms with Gasteiger partial charge in [0, 0.05) is 5.69 Å². The predicted molar refractivity (Wildman–Crippen MR) is 52.8 cm³/mol. The van der Waals surface area contributed by atoms with Crippen LogP contribution in [0.25, 0.3) is 0 Å². The molecule has 1 heterocycles. The molecule has 0 spiro atoms. The van der Waals surface area contributed by atoms with Gasteiger partial charge < -0.3 is 10.5 Å². The summed E-state index contributed by atoms with van der Waals surface area (Å²) < 4.78 is 0. The van der Waals surface area contributed by atoms with Crippen molar-refractivity contribution in [2.24, 2.45) is 5.16 Å². The number of carbonyl (C=O) groups is 1. The largest absolute Gasteiger partial charge is 0.411 e. The summed E-state index contributed by atoms with van der Waals surface area (Å²) in [4.78, 5) is 11.1. The first-order valence-electron chi connectivity index (χ1n) is 4.32. The molecule has 0 radical (unpaired) electrons. The number of amides is 1. The van der Waals surface area contributed by atoms with E-state index in [1.165, 1.54) is 0 Å². The molecular weight excluding hydrogens is 180 g/mol. The lowest BCUT2D eigenvalue weighted by Crippen LogP contribution is -2.03. The van der Waals surface area contributed by atoms with Gasteiger partial charge in [-0.1, -0.05) is 11.2 Å². The van der Waals surface area contributed by atoms with Crippen LogP contribution in [0.3, 0.4) is 0 Å². The maximum atomic E-state index is 11.1. The van der Waals surface area contributed by atoms with Crippen molar-refractivity contribution < 1.29 is 10.0 Å². The normalized spacial score (nSPS) is 15.2. The van der Waals surface area contributed by atoms with Crippen molar-refractivity contribution in [1.82, 2.24) is 0 Å². The number of benzene rings is 1. The molecule has 1 amide bonds. The zero-order chi connectivity index (χ0) is 10.1. The number of rotatable bonds is 1. The Morgan fingerprint density at radius 3 is 3.07 bits per heavy atom. The van der Waals surface area contributed by atoms with Gasteiger partial charge in [-0.25, -0.2) is 0 Å². The second-order valence-electron chi connectivity index (χ2n) is 3.28. The number of nitrogens with one attached hydrogen (secondary N) is 1. The standard InChI is InChI=1S/C10H10N2O2/c1-6(12-14)7-2-3-9-8(4-7)5-10(13)11-9/h2-4,14H,5H2,1H3,(H,11,13). The summed E-state index contributed by atoms with van der Waals surface area (Å²) in [6, 6.07) is 5.51. The van der Waals surface area contributed by atoms with Gasteiger partial charge in [-0.3, -0.25) is 4.79 Å². The molecular formula is C10H10N2O2. The number of fused-ring (bicyclic) bond motifs is 1. The second kappa shape index (κ2) is 3.14. The van der Waals surface area contributed by atoms with E-state index in [1.807, 2.05) is 18.2 Å². The van der Waals surface area contributed by atoms with E-state index in [9.17, 15) is 4.79 Å². The minimum absolute atomic E-state index is 0.00994. The highest BCUT2D eigenvalue weighted by Gasteiger charge is 2.17. The molecule has 2 rings (SSSR count). The highest BCUT2D eigenvalue weighted by molar-refractivity contribution is 6.03. The van der Waals surface area contributed by atoms with Gasteiger partial charge in [-0.2, -0.15) is 0 Å². The Bertz CT molecular complexity index is 424. The molecule has 0 saturated heterocycles. The SMILES string of the molecule is CC(=NO)c1ccc2c(c1)CC(=O)N2. The lowest BCUT2D eigenvalue weighted by Gasteiger charge is -2.01. The summed E-state index contributed by atoms with van der Waals surface area (Å²) in [7, 11) is 0. The third-order valence-corrected chi connectivity index (χ3v) is 2.30. The third kappa shape index (κ3) is 1.35. The molecule has 1 aromatic rings. The van der Waals surface area contributed by atoms with E-state index < -0.39 is 0 Å². The van der Waals surface area contributed by atoms with Gasteiger partial charge in [0.25, 0.3) is 0 Å². The van der Waals surface area contributed by atoms with Gasteiger partial charge in [0.05, 0.1) is 12.1 Å². The van der Waals surface area contributed by atoms with Crippen LogP contribution in [0.5, 0.6) is 0 Å². The van der Waals surface area contributed by atoms with Crippen LogP contribution in [0.4, 0.5) is 5.69 Å². The molecule has 0 bridgehead atoms. The van der Waals surface area contributed by atoms with Crippen LogP contribution in [0, 0.1) is 0 Å². The van der Waals surface area contributed by atoms with E-state index in [2.05, 4.69) is 10.5 Å². The molecule has 4 heteroatoms. The quantitative estimate of drug-likeness (QED) is 0.399. The molecule has 0 fully saturated rings. The summed E-state index contributed by atoms with van der Waals surface area (Å²) in [5.41, 5.74) is 3.19. The second-order valence-corrected chi connectivity index (χ2v) is 3.28. The van der Waals surface area contributed by atoms with Gasteiger partial charge in [0.15, 0.2) is 0 Å². The first kappa shape index (κ1) is 8.74. The van der Waals surface area contributed by atoms with Gasteiger partial charge in [-0.15, -0.1) is 0 Å². The van der Waals surface area contributed by atoms with E-state index >= 15 is 0 Å². The zero-order valence-electron chi connectivity index (χ0n) is 7.74. The molecule has 1 aliphatic heterocycles. The van der Waals surface area contributed by atoms with Crippen LogP contribution in [-0.4, -0.2) is 16.8 Å². The Morgan fingerprint density at radius 1 is 1.57 bits per heavy atom. The van der Waals surface area contributed by atoms with Crippen molar-refractivity contribution in [1.29, 1.82) is 0 Å². The van der Waals surface area contributed by atoms with E-state index in [4.69, 9.17) is 5.21 Å². The summed E-state index contributed by atoms with van der Waals surface area (Å²) in [6.07, 6.45) is 0.405. The molecule has 0 unspecified atom stereocenters. The highest BCUT2D eigenvalue weighted by Crippen LogP contribution is 2.23. The van der Waals surface area contributed by atoms with Crippen molar-refractivity contribution in [2.75, 3.05) is 5.32 Å². The summed E-state index contributed by atoms with van der Waals surface area (Å²) >= 11 is 0. The maximum Gasteiger partial charge on any atom is 0.228 e. The van der Waals surface area contributed by atoms with Crippen molar-refractivity contribution >= 4 is 17.3 Å². The first-order chi connectivity index (χ1) is 6.70. The molecule has 0 saturated carbocycles. The fourth-order valence-electron chi connectivity index (χ4n) is 1.51. The number of nitrogens with zero attached hydrogens (tertiary/aromatic N) is 1. The number of hydrogen-bond donors (Lipinski definition) is 2. The van der Waals surface area contributed by atoms with Gasteiger partial charge in [-0.05, 0) is 30.2 Å². The van der Waals surface area contributed by atoms with Crippen LogP contribution >= 0.6 is 0 Å². The van der Waals surface area contributed by atoms with Crippen LogP contribution in [-0.2, 0) is 11.2 Å². The number of carbonyl (C=O) groups excluding carboxylic acids is 1. The van der Waals surface area contributed by atoms with Gasteiger partial charge in [0.2, 0.25) is 5.91 Å². The molecule has 14 heavy (non-hydrogen) atoms. The molecule has 0 aliphatic carbocycles. The lowest BCUT2D eigenvalue weighted by atomic mass is 10.1. The van der Waals surface area contributed by atoms with Crippen molar-refractivity contribution in [3.8, 4) is 0 Å². The number of oxime groups is 1. The monoisotopic (exact) mass is 190 g/mol. The van der Waals surface area contributed by atoms with Crippen LogP contribution < -0.4 is 5.32 Å². The summed E-state index contributed by atoms with van der Waals surface area (Å²) in [5, 5.41) is 14.4. The molecule has 72 valence electrons. The van der Waals surface area contributed by atoms with E-state index in [0.717, 1.165) is 16.8 Å². The van der Waals surface area contributed by atoms with E-state index in [1.54, 1.807) is 6.92 Å². The molecule has 4 nitrogen and oxygen atoms in total. The Hall–Kier alpha value is -1.84. The lowest BCUT2D eigenvalue weighted by molar-refractivity contribution is -0.115. The zero-order valence-corrected chi connectivity index (χ0v) is 7.74. The molecule has 0 atom stereocenters. The van der Waals surface area contributed by atoms with Crippen molar-refractivity contribution in [2.45, 2.75) is 13.3 Å². The summed E-state index contributed by atoms with van der Waals surface area (Å²) in [6.45, 7) is 1.71. The first-order valence-corrected chi connectivity index (χ1v) is 4.32. The van der Waals surface area contributed by atoms with Crippen LogP contribution in [0.1, 0.15) is 18.1 Å². The van der Waals surface area contributed by atoms with Gasteiger partial charge in [0.1, 0.15) is 0 Å². The Labute approximate surface area is 81.2 Å². The number of anilines is 1. The average Bonchev–Trinajstić information content (AvgIpc) is 2.55. The minimum Gasteiger partial charge on any atom is -0.411 e. The average molecular weight is 190 g/mol. The molecule has 2 N–H and O–H groups in total.